The number of carboxylic acid groups (broad SMARTS) is 1. The molecule has 0 bridgehead atoms. The first kappa shape index (κ1) is 15.3. The largest absolute Gasteiger partial charge is 0.494 e. The molecular formula is C14H21NO4. The average Bonchev–Trinajstić information content (AvgIpc) is 2.42. The van der Waals surface area contributed by atoms with Crippen molar-refractivity contribution in [2.24, 2.45) is 0 Å². The van der Waals surface area contributed by atoms with Gasteiger partial charge in [-0.3, -0.25) is 4.79 Å². The molecule has 0 amide bonds. The van der Waals surface area contributed by atoms with Crippen LogP contribution in [-0.2, 0) is 4.79 Å². The Morgan fingerprint density at radius 2 is 1.74 bits per heavy atom. The fraction of sp³-hybridized carbons (Fsp3) is 0.500. The van der Waals surface area contributed by atoms with Gasteiger partial charge in [0, 0.05) is 6.54 Å². The fourth-order valence-corrected chi connectivity index (χ4v) is 1.38. The Morgan fingerprint density at radius 1 is 1.21 bits per heavy atom. The van der Waals surface area contributed by atoms with Crippen LogP contribution in [0.3, 0.4) is 0 Å². The van der Waals surface area contributed by atoms with Crippen molar-refractivity contribution in [3.63, 3.8) is 0 Å². The highest BCUT2D eigenvalue weighted by Gasteiger charge is 2.08. The van der Waals surface area contributed by atoms with Gasteiger partial charge in [0.1, 0.15) is 24.1 Å². The van der Waals surface area contributed by atoms with Crippen LogP contribution in [-0.4, -0.2) is 36.9 Å². The molecular weight excluding hydrogens is 246 g/mol. The van der Waals surface area contributed by atoms with Crippen molar-refractivity contribution in [1.29, 1.82) is 0 Å². The Bertz CT molecular complexity index is 378. The second-order valence-electron chi connectivity index (χ2n) is 4.18. The molecule has 1 aromatic rings. The predicted octanol–water partition coefficient (Wildman–Crippen LogP) is 1.92. The van der Waals surface area contributed by atoms with Gasteiger partial charge >= 0.3 is 5.97 Å². The van der Waals surface area contributed by atoms with Gasteiger partial charge in [-0.2, -0.15) is 0 Å². The van der Waals surface area contributed by atoms with E-state index in [1.807, 2.05) is 24.3 Å². The van der Waals surface area contributed by atoms with E-state index in [0.717, 1.165) is 17.9 Å². The summed E-state index contributed by atoms with van der Waals surface area (Å²) in [5.74, 6) is 0.706. The van der Waals surface area contributed by atoms with E-state index in [2.05, 4.69) is 12.2 Å². The van der Waals surface area contributed by atoms with Crippen LogP contribution in [0.1, 0.15) is 20.3 Å². The van der Waals surface area contributed by atoms with Crippen molar-refractivity contribution in [3.05, 3.63) is 24.3 Å². The first-order valence-corrected chi connectivity index (χ1v) is 6.45. The number of aliphatic carboxylic acids is 1. The van der Waals surface area contributed by atoms with E-state index in [1.54, 1.807) is 6.92 Å². The smallest absolute Gasteiger partial charge is 0.320 e. The molecule has 0 fully saturated rings. The molecule has 0 aliphatic carbocycles. The lowest BCUT2D eigenvalue weighted by atomic mass is 10.3. The van der Waals surface area contributed by atoms with Gasteiger partial charge in [0.2, 0.25) is 0 Å². The van der Waals surface area contributed by atoms with Gasteiger partial charge in [-0.05, 0) is 37.6 Å². The van der Waals surface area contributed by atoms with Crippen LogP contribution in [0, 0.1) is 0 Å². The number of benzene rings is 1. The molecule has 19 heavy (non-hydrogen) atoms. The predicted molar refractivity (Wildman–Crippen MR) is 72.8 cm³/mol. The Morgan fingerprint density at radius 3 is 2.21 bits per heavy atom. The third kappa shape index (κ3) is 6.10. The average molecular weight is 267 g/mol. The van der Waals surface area contributed by atoms with Crippen LogP contribution in [0.15, 0.2) is 24.3 Å². The van der Waals surface area contributed by atoms with Crippen molar-refractivity contribution < 1.29 is 19.4 Å². The number of nitrogens with one attached hydrogen (secondary N) is 1. The summed E-state index contributed by atoms with van der Waals surface area (Å²) < 4.78 is 10.9. The minimum Gasteiger partial charge on any atom is -0.494 e. The Balaban J connectivity index is 2.24. The maximum Gasteiger partial charge on any atom is 0.320 e. The van der Waals surface area contributed by atoms with Gasteiger partial charge in [-0.25, -0.2) is 0 Å². The van der Waals surface area contributed by atoms with Gasteiger partial charge in [0.05, 0.1) is 6.61 Å². The molecule has 1 rings (SSSR count). The lowest BCUT2D eigenvalue weighted by Gasteiger charge is -2.11. The molecule has 1 atom stereocenters. The van der Waals surface area contributed by atoms with Crippen LogP contribution in [0.5, 0.6) is 11.5 Å². The van der Waals surface area contributed by atoms with Crippen molar-refractivity contribution in [2.45, 2.75) is 26.3 Å². The summed E-state index contributed by atoms with van der Waals surface area (Å²) in [6.07, 6.45) is 0.978. The summed E-state index contributed by atoms with van der Waals surface area (Å²) in [5, 5.41) is 11.5. The van der Waals surface area contributed by atoms with Gasteiger partial charge in [-0.15, -0.1) is 0 Å². The highest BCUT2D eigenvalue weighted by atomic mass is 16.5. The third-order valence-electron chi connectivity index (χ3n) is 2.49. The maximum atomic E-state index is 10.6. The Hall–Kier alpha value is -1.75. The van der Waals surface area contributed by atoms with Crippen LogP contribution >= 0.6 is 0 Å². The van der Waals surface area contributed by atoms with Crippen molar-refractivity contribution in [3.8, 4) is 11.5 Å². The third-order valence-corrected chi connectivity index (χ3v) is 2.49. The lowest BCUT2D eigenvalue weighted by Crippen LogP contribution is -2.36. The summed E-state index contributed by atoms with van der Waals surface area (Å²) >= 11 is 0. The number of hydrogen-bond acceptors (Lipinski definition) is 4. The first-order valence-electron chi connectivity index (χ1n) is 6.45. The zero-order valence-electron chi connectivity index (χ0n) is 11.4. The van der Waals surface area contributed by atoms with Gasteiger partial charge < -0.3 is 19.9 Å². The zero-order valence-corrected chi connectivity index (χ0v) is 11.4. The lowest BCUT2D eigenvalue weighted by molar-refractivity contribution is -0.139. The first-order chi connectivity index (χ1) is 9.13. The van der Waals surface area contributed by atoms with Gasteiger partial charge in [0.15, 0.2) is 0 Å². The summed E-state index contributed by atoms with van der Waals surface area (Å²) in [7, 11) is 0. The molecule has 0 saturated carbocycles. The van der Waals surface area contributed by atoms with Crippen LogP contribution in [0.2, 0.25) is 0 Å². The van der Waals surface area contributed by atoms with E-state index in [0.29, 0.717) is 19.8 Å². The standard InChI is InChI=1S/C14H21NO4/c1-3-9-18-12-4-6-13(7-5-12)19-10-8-15-11(2)14(16)17/h4-7,11,15H,3,8-10H2,1-2H3,(H,16,17). The van der Waals surface area contributed by atoms with E-state index in [9.17, 15) is 4.79 Å². The molecule has 0 aromatic heterocycles. The molecule has 0 radical (unpaired) electrons. The van der Waals surface area contributed by atoms with Gasteiger partial charge in [-0.1, -0.05) is 6.92 Å². The molecule has 0 aliphatic rings. The summed E-state index contributed by atoms with van der Waals surface area (Å²) in [5.41, 5.74) is 0. The molecule has 5 nitrogen and oxygen atoms in total. The monoisotopic (exact) mass is 267 g/mol. The quantitative estimate of drug-likeness (QED) is 0.669. The van der Waals surface area contributed by atoms with Crippen molar-refractivity contribution >= 4 is 5.97 Å². The molecule has 1 unspecified atom stereocenters. The molecule has 106 valence electrons. The topological polar surface area (TPSA) is 67.8 Å². The molecule has 5 heteroatoms. The van der Waals surface area contributed by atoms with E-state index >= 15 is 0 Å². The fourth-order valence-electron chi connectivity index (χ4n) is 1.38. The minimum atomic E-state index is -0.863. The van der Waals surface area contributed by atoms with Crippen molar-refractivity contribution in [1.82, 2.24) is 5.32 Å². The number of carboxylic acids is 1. The molecule has 1 aromatic carbocycles. The highest BCUT2D eigenvalue weighted by Crippen LogP contribution is 2.17. The van der Waals surface area contributed by atoms with Crippen LogP contribution in [0.4, 0.5) is 0 Å². The Kier molecular flexibility index (Phi) is 6.74. The molecule has 2 N–H and O–H groups in total. The second kappa shape index (κ2) is 8.37. The van der Waals surface area contributed by atoms with Crippen LogP contribution < -0.4 is 14.8 Å². The highest BCUT2D eigenvalue weighted by molar-refractivity contribution is 5.72. The number of hydrogen-bond donors (Lipinski definition) is 2. The van der Waals surface area contributed by atoms with Gasteiger partial charge in [0.25, 0.3) is 0 Å². The SMILES string of the molecule is CCCOc1ccc(OCCNC(C)C(=O)O)cc1. The number of carbonyl (C=O) groups is 1. The maximum absolute atomic E-state index is 10.6. The number of ether oxygens (including phenoxy) is 2. The molecule has 0 aliphatic heterocycles. The summed E-state index contributed by atoms with van der Waals surface area (Å²) in [4.78, 5) is 10.6. The Labute approximate surface area is 113 Å². The second-order valence-corrected chi connectivity index (χ2v) is 4.18. The van der Waals surface area contributed by atoms with E-state index < -0.39 is 12.0 Å². The van der Waals surface area contributed by atoms with Crippen molar-refractivity contribution in [2.75, 3.05) is 19.8 Å². The van der Waals surface area contributed by atoms with Crippen LogP contribution in [0.25, 0.3) is 0 Å². The van der Waals surface area contributed by atoms with E-state index in [-0.39, 0.29) is 0 Å². The normalized spacial score (nSPS) is 11.9. The molecule has 0 saturated heterocycles. The molecule has 0 heterocycles. The number of rotatable bonds is 9. The summed E-state index contributed by atoms with van der Waals surface area (Å²) in [6, 6.07) is 6.84. The van der Waals surface area contributed by atoms with E-state index in [1.165, 1.54) is 0 Å². The minimum absolute atomic E-state index is 0.423. The summed E-state index contributed by atoms with van der Waals surface area (Å²) in [6.45, 7) is 5.27. The zero-order chi connectivity index (χ0) is 14.1. The van der Waals surface area contributed by atoms with E-state index in [4.69, 9.17) is 14.6 Å². The molecule has 0 spiro atoms.